The Morgan fingerprint density at radius 3 is 3.00 bits per heavy atom. The monoisotopic (exact) mass is 234 g/mol. The molecule has 94 valence electrons. The van der Waals surface area contributed by atoms with Gasteiger partial charge in [0.05, 0.1) is 11.8 Å². The molecule has 1 aromatic rings. The van der Waals surface area contributed by atoms with Gasteiger partial charge in [-0.05, 0) is 44.7 Å². The summed E-state index contributed by atoms with van der Waals surface area (Å²) in [4.78, 5) is 4.39. The van der Waals surface area contributed by atoms with Crippen molar-refractivity contribution >= 4 is 0 Å². The lowest BCUT2D eigenvalue weighted by atomic mass is 9.92. The van der Waals surface area contributed by atoms with E-state index in [1.807, 2.05) is 25.4 Å². The van der Waals surface area contributed by atoms with Crippen molar-refractivity contribution in [2.45, 2.75) is 50.8 Å². The van der Waals surface area contributed by atoms with Gasteiger partial charge in [-0.2, -0.15) is 0 Å². The highest BCUT2D eigenvalue weighted by Gasteiger charge is 2.23. The number of hydrogen-bond acceptors (Lipinski definition) is 3. The maximum absolute atomic E-state index is 5.45. The molecule has 0 spiro atoms. The van der Waals surface area contributed by atoms with Crippen molar-refractivity contribution in [3.8, 4) is 0 Å². The van der Waals surface area contributed by atoms with E-state index in [-0.39, 0.29) is 0 Å². The number of aromatic nitrogens is 1. The second-order valence-electron chi connectivity index (χ2n) is 4.86. The lowest BCUT2D eigenvalue weighted by Gasteiger charge is -2.31. The molecule has 1 aromatic heterocycles. The average Bonchev–Trinajstić information content (AvgIpc) is 2.40. The molecular weight excluding hydrogens is 212 g/mol. The maximum Gasteiger partial charge on any atom is 0.0586 e. The summed E-state index contributed by atoms with van der Waals surface area (Å²) in [5.41, 5.74) is 1.12. The minimum absolute atomic E-state index is 0.316. The number of nitrogens with one attached hydrogen (secondary N) is 1. The third-order valence-electron chi connectivity index (χ3n) is 3.58. The van der Waals surface area contributed by atoms with Gasteiger partial charge in [0.25, 0.3) is 0 Å². The van der Waals surface area contributed by atoms with Gasteiger partial charge in [-0.3, -0.25) is 4.98 Å². The van der Waals surface area contributed by atoms with Crippen LogP contribution in [0.1, 0.15) is 44.3 Å². The Morgan fingerprint density at radius 2 is 2.29 bits per heavy atom. The van der Waals surface area contributed by atoms with Crippen LogP contribution in [0.25, 0.3) is 0 Å². The highest BCUT2D eigenvalue weighted by atomic mass is 16.5. The Kier molecular flexibility index (Phi) is 4.51. The number of nitrogens with zero attached hydrogens (tertiary/aromatic N) is 1. The van der Waals surface area contributed by atoms with Gasteiger partial charge in [0.2, 0.25) is 0 Å². The number of methoxy groups -OCH3 is 1. The van der Waals surface area contributed by atoms with E-state index in [0.29, 0.717) is 18.2 Å². The highest BCUT2D eigenvalue weighted by Crippen LogP contribution is 2.22. The van der Waals surface area contributed by atoms with Crippen molar-refractivity contribution in [3.05, 3.63) is 30.1 Å². The summed E-state index contributed by atoms with van der Waals surface area (Å²) >= 11 is 0. The van der Waals surface area contributed by atoms with Crippen LogP contribution < -0.4 is 5.32 Å². The first-order valence-electron chi connectivity index (χ1n) is 6.49. The molecule has 3 nitrogen and oxygen atoms in total. The van der Waals surface area contributed by atoms with Crippen LogP contribution in [0.2, 0.25) is 0 Å². The summed E-state index contributed by atoms with van der Waals surface area (Å²) in [5.74, 6) is 0. The first-order chi connectivity index (χ1) is 8.29. The van der Waals surface area contributed by atoms with Crippen LogP contribution in [0.5, 0.6) is 0 Å². The number of hydrogen-bond donors (Lipinski definition) is 1. The molecule has 0 bridgehead atoms. The van der Waals surface area contributed by atoms with E-state index in [0.717, 1.165) is 12.1 Å². The van der Waals surface area contributed by atoms with Gasteiger partial charge < -0.3 is 10.1 Å². The topological polar surface area (TPSA) is 34.1 Å². The normalized spacial score (nSPS) is 26.7. The summed E-state index contributed by atoms with van der Waals surface area (Å²) < 4.78 is 5.45. The van der Waals surface area contributed by atoms with Crippen LogP contribution >= 0.6 is 0 Å². The maximum atomic E-state index is 5.45. The van der Waals surface area contributed by atoms with Gasteiger partial charge in [0.1, 0.15) is 0 Å². The zero-order chi connectivity index (χ0) is 12.1. The first-order valence-corrected chi connectivity index (χ1v) is 6.49. The van der Waals surface area contributed by atoms with E-state index in [1.165, 1.54) is 19.3 Å². The van der Waals surface area contributed by atoms with Crippen LogP contribution in [-0.2, 0) is 4.74 Å². The van der Waals surface area contributed by atoms with Crippen molar-refractivity contribution in [2.75, 3.05) is 7.11 Å². The molecule has 0 amide bonds. The van der Waals surface area contributed by atoms with Gasteiger partial charge in [0.15, 0.2) is 0 Å². The summed E-state index contributed by atoms with van der Waals surface area (Å²) in [5, 5.41) is 3.66. The van der Waals surface area contributed by atoms with Crippen LogP contribution in [0.4, 0.5) is 0 Å². The molecule has 0 saturated heterocycles. The zero-order valence-corrected chi connectivity index (χ0v) is 10.7. The van der Waals surface area contributed by atoms with E-state index < -0.39 is 0 Å². The van der Waals surface area contributed by atoms with E-state index >= 15 is 0 Å². The fourth-order valence-electron chi connectivity index (χ4n) is 2.58. The van der Waals surface area contributed by atoms with Crippen molar-refractivity contribution in [2.24, 2.45) is 0 Å². The first kappa shape index (κ1) is 12.5. The van der Waals surface area contributed by atoms with E-state index in [2.05, 4.69) is 23.3 Å². The molecule has 1 aliphatic carbocycles. The molecule has 0 radical (unpaired) electrons. The van der Waals surface area contributed by atoms with Crippen molar-refractivity contribution in [1.82, 2.24) is 10.3 Å². The van der Waals surface area contributed by atoms with Gasteiger partial charge in [-0.1, -0.05) is 6.07 Å². The van der Waals surface area contributed by atoms with E-state index in [4.69, 9.17) is 4.74 Å². The number of rotatable bonds is 4. The fourth-order valence-corrected chi connectivity index (χ4v) is 2.58. The molecule has 17 heavy (non-hydrogen) atoms. The molecule has 3 heteroatoms. The van der Waals surface area contributed by atoms with E-state index in [1.54, 1.807) is 0 Å². The fraction of sp³-hybridized carbons (Fsp3) is 0.643. The number of ether oxygens (including phenoxy) is 1. The predicted octanol–water partition coefficient (Wildman–Crippen LogP) is 2.69. The lowest BCUT2D eigenvalue weighted by Crippen LogP contribution is -2.38. The summed E-state index contributed by atoms with van der Waals surface area (Å²) in [6, 6.07) is 6.95. The smallest absolute Gasteiger partial charge is 0.0586 e. The second-order valence-corrected chi connectivity index (χ2v) is 4.86. The van der Waals surface area contributed by atoms with E-state index in [9.17, 15) is 0 Å². The number of pyridine rings is 1. The molecule has 2 unspecified atom stereocenters. The second kappa shape index (κ2) is 6.12. The Balaban J connectivity index is 1.88. The SMILES string of the molecule is COC1CCCC(N[C@@H](C)c2ccccn2)C1. The Labute approximate surface area is 104 Å². The van der Waals surface area contributed by atoms with Crippen LogP contribution in [0.15, 0.2) is 24.4 Å². The van der Waals surface area contributed by atoms with Gasteiger partial charge >= 0.3 is 0 Å². The molecule has 1 aliphatic rings. The molecular formula is C14H22N2O. The summed E-state index contributed by atoms with van der Waals surface area (Å²) in [6.07, 6.45) is 7.10. The van der Waals surface area contributed by atoms with Gasteiger partial charge in [-0.25, -0.2) is 0 Å². The largest absolute Gasteiger partial charge is 0.381 e. The Hall–Kier alpha value is -0.930. The van der Waals surface area contributed by atoms with Crippen molar-refractivity contribution in [1.29, 1.82) is 0 Å². The minimum atomic E-state index is 0.316. The van der Waals surface area contributed by atoms with Crippen molar-refractivity contribution in [3.63, 3.8) is 0 Å². The average molecular weight is 234 g/mol. The van der Waals surface area contributed by atoms with Gasteiger partial charge in [0, 0.05) is 25.4 Å². The third-order valence-corrected chi connectivity index (χ3v) is 3.58. The molecule has 1 N–H and O–H groups in total. The predicted molar refractivity (Wildman–Crippen MR) is 68.8 cm³/mol. The Morgan fingerprint density at radius 1 is 1.41 bits per heavy atom. The van der Waals surface area contributed by atoms with Gasteiger partial charge in [-0.15, -0.1) is 0 Å². The zero-order valence-electron chi connectivity index (χ0n) is 10.7. The standard InChI is InChI=1S/C14H22N2O/c1-11(14-8-3-4-9-15-14)16-12-6-5-7-13(10-12)17-2/h3-4,8-9,11-13,16H,5-7,10H2,1-2H3/t11-,12?,13?/m0/s1. The quantitative estimate of drug-likeness (QED) is 0.869. The third kappa shape index (κ3) is 3.51. The summed E-state index contributed by atoms with van der Waals surface area (Å²) in [7, 11) is 1.81. The Bertz CT molecular complexity index is 328. The summed E-state index contributed by atoms with van der Waals surface area (Å²) in [6.45, 7) is 2.18. The van der Waals surface area contributed by atoms with Crippen molar-refractivity contribution < 1.29 is 4.74 Å². The molecule has 0 aliphatic heterocycles. The highest BCUT2D eigenvalue weighted by molar-refractivity contribution is 5.08. The lowest BCUT2D eigenvalue weighted by molar-refractivity contribution is 0.0571. The molecule has 2 rings (SSSR count). The van der Waals surface area contributed by atoms with Crippen LogP contribution in [0, 0.1) is 0 Å². The molecule has 0 aromatic carbocycles. The molecule has 1 saturated carbocycles. The molecule has 3 atom stereocenters. The molecule has 1 heterocycles. The van der Waals surface area contributed by atoms with Crippen LogP contribution in [-0.4, -0.2) is 24.2 Å². The molecule has 1 fully saturated rings. The minimum Gasteiger partial charge on any atom is -0.381 e. The van der Waals surface area contributed by atoms with Crippen LogP contribution in [0.3, 0.4) is 0 Å².